The maximum atomic E-state index is 11.5. The highest BCUT2D eigenvalue weighted by atomic mass is 16.5. The quantitative estimate of drug-likeness (QED) is 0.611. The van der Waals surface area contributed by atoms with Crippen molar-refractivity contribution in [3.63, 3.8) is 0 Å². The zero-order valence-electron chi connectivity index (χ0n) is 9.59. The van der Waals surface area contributed by atoms with Gasteiger partial charge in [0.05, 0.1) is 12.0 Å². The number of hydrogen-bond donors (Lipinski definition) is 0. The topological polar surface area (TPSA) is 26.3 Å². The van der Waals surface area contributed by atoms with Crippen molar-refractivity contribution in [1.29, 1.82) is 0 Å². The Balaban J connectivity index is 4.76. The molecule has 0 radical (unpaired) electrons. The van der Waals surface area contributed by atoms with Gasteiger partial charge in [-0.25, -0.2) is 0 Å². The molecule has 0 spiro atoms. The van der Waals surface area contributed by atoms with Gasteiger partial charge in [-0.1, -0.05) is 17.7 Å². The van der Waals surface area contributed by atoms with E-state index in [1.807, 2.05) is 19.9 Å². The van der Waals surface area contributed by atoms with E-state index in [-0.39, 0.29) is 5.78 Å². The Morgan fingerprint density at radius 3 is 2.29 bits per heavy atom. The lowest BCUT2D eigenvalue weighted by Gasteiger charge is -2.25. The van der Waals surface area contributed by atoms with E-state index in [2.05, 4.69) is 6.58 Å². The van der Waals surface area contributed by atoms with Gasteiger partial charge in [0.2, 0.25) is 0 Å². The summed E-state index contributed by atoms with van der Waals surface area (Å²) in [5.41, 5.74) is 0.653. The number of ether oxygens (including phenoxy) is 1. The van der Waals surface area contributed by atoms with Gasteiger partial charge in [0.25, 0.3) is 0 Å². The van der Waals surface area contributed by atoms with Crippen LogP contribution in [0.4, 0.5) is 0 Å². The summed E-state index contributed by atoms with van der Waals surface area (Å²) in [7, 11) is 1.60. The molecule has 0 rings (SSSR count). The monoisotopic (exact) mass is 196 g/mol. The third-order valence-electron chi connectivity index (χ3n) is 2.37. The molecule has 0 aromatic rings. The molecule has 0 aromatic heterocycles. The van der Waals surface area contributed by atoms with Gasteiger partial charge in [0.1, 0.15) is 5.78 Å². The summed E-state index contributed by atoms with van der Waals surface area (Å²) in [6, 6.07) is 0. The molecular weight excluding hydrogens is 176 g/mol. The lowest BCUT2D eigenvalue weighted by Crippen LogP contribution is -2.31. The third-order valence-corrected chi connectivity index (χ3v) is 2.37. The number of hydrogen-bond acceptors (Lipinski definition) is 2. The van der Waals surface area contributed by atoms with Gasteiger partial charge < -0.3 is 4.74 Å². The SMILES string of the molecule is C=CC(CC=C(C)C)(COC)C(C)=O. The fourth-order valence-corrected chi connectivity index (χ4v) is 1.23. The van der Waals surface area contributed by atoms with E-state index in [4.69, 9.17) is 4.74 Å². The normalized spacial score (nSPS) is 14.3. The minimum atomic E-state index is -0.550. The number of Topliss-reactive ketones (excluding diaryl/α,β-unsaturated/α-hetero) is 1. The molecule has 1 unspecified atom stereocenters. The Morgan fingerprint density at radius 1 is 1.43 bits per heavy atom. The number of methoxy groups -OCH3 is 1. The van der Waals surface area contributed by atoms with Crippen molar-refractivity contribution in [2.24, 2.45) is 5.41 Å². The molecule has 0 saturated carbocycles. The predicted octanol–water partition coefficient (Wildman–Crippen LogP) is 2.75. The minimum absolute atomic E-state index is 0.104. The van der Waals surface area contributed by atoms with E-state index in [1.54, 1.807) is 20.1 Å². The van der Waals surface area contributed by atoms with Crippen LogP contribution in [0.2, 0.25) is 0 Å². The molecule has 0 aliphatic rings. The summed E-state index contributed by atoms with van der Waals surface area (Å²) in [5.74, 6) is 0.104. The van der Waals surface area contributed by atoms with Crippen LogP contribution in [0.3, 0.4) is 0 Å². The molecule has 0 aliphatic heterocycles. The summed E-state index contributed by atoms with van der Waals surface area (Å²) in [4.78, 5) is 11.5. The van der Waals surface area contributed by atoms with Crippen LogP contribution in [-0.2, 0) is 9.53 Å². The molecule has 0 amide bonds. The fraction of sp³-hybridized carbons (Fsp3) is 0.583. The van der Waals surface area contributed by atoms with E-state index in [1.165, 1.54) is 5.57 Å². The molecule has 1 atom stereocenters. The molecule has 0 N–H and O–H groups in total. The summed E-state index contributed by atoms with van der Waals surface area (Å²) in [6.45, 7) is 9.73. The minimum Gasteiger partial charge on any atom is -0.383 e. The average Bonchev–Trinajstić information content (AvgIpc) is 2.11. The number of carbonyl (C=O) groups excluding carboxylic acids is 1. The van der Waals surface area contributed by atoms with E-state index in [0.717, 1.165) is 0 Å². The summed E-state index contributed by atoms with van der Waals surface area (Å²) < 4.78 is 5.07. The maximum Gasteiger partial charge on any atom is 0.142 e. The highest BCUT2D eigenvalue weighted by molar-refractivity contribution is 5.84. The molecule has 0 heterocycles. The summed E-state index contributed by atoms with van der Waals surface area (Å²) in [6.07, 6.45) is 4.41. The largest absolute Gasteiger partial charge is 0.383 e. The molecular formula is C12H20O2. The Morgan fingerprint density at radius 2 is 2.00 bits per heavy atom. The maximum absolute atomic E-state index is 11.5. The van der Waals surface area contributed by atoms with Crippen LogP contribution >= 0.6 is 0 Å². The lowest BCUT2D eigenvalue weighted by molar-refractivity contribution is -0.126. The Hall–Kier alpha value is -0.890. The van der Waals surface area contributed by atoms with Crippen molar-refractivity contribution in [1.82, 2.24) is 0 Å². The molecule has 2 heteroatoms. The van der Waals surface area contributed by atoms with Gasteiger partial charge in [-0.2, -0.15) is 0 Å². The molecule has 0 bridgehead atoms. The molecule has 0 aromatic carbocycles. The Labute approximate surface area is 86.6 Å². The summed E-state index contributed by atoms with van der Waals surface area (Å²) in [5, 5.41) is 0. The highest BCUT2D eigenvalue weighted by Crippen LogP contribution is 2.26. The predicted molar refractivity (Wildman–Crippen MR) is 59.2 cm³/mol. The smallest absolute Gasteiger partial charge is 0.142 e. The Kier molecular flexibility index (Phi) is 5.39. The molecule has 0 aliphatic carbocycles. The zero-order chi connectivity index (χ0) is 11.2. The number of ketones is 1. The molecule has 80 valence electrons. The van der Waals surface area contributed by atoms with Gasteiger partial charge in [-0.15, -0.1) is 6.58 Å². The van der Waals surface area contributed by atoms with E-state index in [0.29, 0.717) is 13.0 Å². The van der Waals surface area contributed by atoms with Crippen LogP contribution in [-0.4, -0.2) is 19.5 Å². The first-order valence-electron chi connectivity index (χ1n) is 4.75. The molecule has 14 heavy (non-hydrogen) atoms. The first kappa shape index (κ1) is 13.1. The van der Waals surface area contributed by atoms with Crippen molar-refractivity contribution in [3.8, 4) is 0 Å². The van der Waals surface area contributed by atoms with Gasteiger partial charge in [-0.05, 0) is 27.2 Å². The number of allylic oxidation sites excluding steroid dienone is 2. The van der Waals surface area contributed by atoms with Crippen LogP contribution in [0, 0.1) is 5.41 Å². The average molecular weight is 196 g/mol. The zero-order valence-corrected chi connectivity index (χ0v) is 9.59. The second kappa shape index (κ2) is 5.76. The Bertz CT molecular complexity index is 237. The second-order valence-corrected chi connectivity index (χ2v) is 3.84. The van der Waals surface area contributed by atoms with Crippen LogP contribution in [0.25, 0.3) is 0 Å². The van der Waals surface area contributed by atoms with Gasteiger partial charge in [0.15, 0.2) is 0 Å². The lowest BCUT2D eigenvalue weighted by atomic mass is 9.81. The second-order valence-electron chi connectivity index (χ2n) is 3.84. The van der Waals surface area contributed by atoms with Gasteiger partial charge in [0, 0.05) is 7.11 Å². The molecule has 2 nitrogen and oxygen atoms in total. The first-order chi connectivity index (χ1) is 6.48. The van der Waals surface area contributed by atoms with Gasteiger partial charge >= 0.3 is 0 Å². The highest BCUT2D eigenvalue weighted by Gasteiger charge is 2.30. The van der Waals surface area contributed by atoms with Crippen molar-refractivity contribution in [2.75, 3.05) is 13.7 Å². The van der Waals surface area contributed by atoms with Crippen LogP contribution in [0.5, 0.6) is 0 Å². The van der Waals surface area contributed by atoms with Crippen molar-refractivity contribution >= 4 is 5.78 Å². The molecule has 0 saturated heterocycles. The number of carbonyl (C=O) groups is 1. The van der Waals surface area contributed by atoms with Crippen molar-refractivity contribution < 1.29 is 9.53 Å². The van der Waals surface area contributed by atoms with Gasteiger partial charge in [-0.3, -0.25) is 4.79 Å². The first-order valence-corrected chi connectivity index (χ1v) is 4.75. The van der Waals surface area contributed by atoms with E-state index >= 15 is 0 Å². The van der Waals surface area contributed by atoms with E-state index < -0.39 is 5.41 Å². The standard InChI is InChI=1S/C12H20O2/c1-6-12(9-14-5,11(4)13)8-7-10(2)3/h6-7H,1,8-9H2,2-5H3. The molecule has 0 fully saturated rings. The van der Waals surface area contributed by atoms with Crippen LogP contribution < -0.4 is 0 Å². The van der Waals surface area contributed by atoms with Crippen molar-refractivity contribution in [2.45, 2.75) is 27.2 Å². The van der Waals surface area contributed by atoms with Crippen LogP contribution in [0.15, 0.2) is 24.3 Å². The fourth-order valence-electron chi connectivity index (χ4n) is 1.23. The van der Waals surface area contributed by atoms with Crippen LogP contribution in [0.1, 0.15) is 27.2 Å². The van der Waals surface area contributed by atoms with E-state index in [9.17, 15) is 4.79 Å². The van der Waals surface area contributed by atoms with Crippen molar-refractivity contribution in [3.05, 3.63) is 24.3 Å². The third kappa shape index (κ3) is 3.46. The number of rotatable bonds is 6. The summed E-state index contributed by atoms with van der Waals surface area (Å²) >= 11 is 0.